The van der Waals surface area contributed by atoms with Crippen molar-refractivity contribution >= 4 is 18.0 Å². The highest BCUT2D eigenvalue weighted by atomic mass is 16.5. The van der Waals surface area contributed by atoms with Crippen molar-refractivity contribution < 1.29 is 24.2 Å². The highest BCUT2D eigenvalue weighted by molar-refractivity contribution is 5.89. The van der Waals surface area contributed by atoms with Gasteiger partial charge in [-0.1, -0.05) is 13.0 Å². The van der Waals surface area contributed by atoms with E-state index in [2.05, 4.69) is 6.92 Å². The van der Waals surface area contributed by atoms with Crippen LogP contribution in [0.3, 0.4) is 0 Å². The lowest BCUT2D eigenvalue weighted by Crippen LogP contribution is -2.45. The van der Waals surface area contributed by atoms with Gasteiger partial charge in [0.15, 0.2) is 18.1 Å². The average Bonchev–Trinajstić information content (AvgIpc) is 2.65. The SMILES string of the molecule is CC[C@@H]1CCCCN1C(=O)COC(=O)/C=C/c1ccc(O)c(OC)c1. The lowest BCUT2D eigenvalue weighted by atomic mass is 10.00. The highest BCUT2D eigenvalue weighted by Gasteiger charge is 2.25. The van der Waals surface area contributed by atoms with Gasteiger partial charge in [-0.05, 0) is 49.5 Å². The molecule has 1 saturated heterocycles. The summed E-state index contributed by atoms with van der Waals surface area (Å²) in [5.41, 5.74) is 0.681. The monoisotopic (exact) mass is 347 g/mol. The summed E-state index contributed by atoms with van der Waals surface area (Å²) in [4.78, 5) is 25.9. The minimum atomic E-state index is -0.578. The minimum Gasteiger partial charge on any atom is -0.504 e. The van der Waals surface area contributed by atoms with Crippen LogP contribution in [0, 0.1) is 0 Å². The van der Waals surface area contributed by atoms with Gasteiger partial charge in [-0.2, -0.15) is 0 Å². The Hall–Kier alpha value is -2.50. The normalized spacial score (nSPS) is 17.5. The van der Waals surface area contributed by atoms with Crippen molar-refractivity contribution in [1.82, 2.24) is 4.90 Å². The second-order valence-corrected chi connectivity index (χ2v) is 6.02. The molecule has 0 unspecified atom stereocenters. The number of phenolic OH excluding ortho intramolecular Hbond substituents is 1. The molecule has 0 saturated carbocycles. The molecule has 0 aliphatic carbocycles. The van der Waals surface area contributed by atoms with Crippen molar-refractivity contribution in [1.29, 1.82) is 0 Å². The number of esters is 1. The number of carbonyl (C=O) groups is 2. The molecular weight excluding hydrogens is 322 g/mol. The molecule has 0 bridgehead atoms. The third-order valence-electron chi connectivity index (χ3n) is 4.37. The molecule has 0 spiro atoms. The van der Waals surface area contributed by atoms with E-state index < -0.39 is 5.97 Å². The lowest BCUT2D eigenvalue weighted by Gasteiger charge is -2.35. The van der Waals surface area contributed by atoms with Gasteiger partial charge >= 0.3 is 5.97 Å². The molecule has 136 valence electrons. The summed E-state index contributed by atoms with van der Waals surface area (Å²) in [6, 6.07) is 4.98. The number of carbonyl (C=O) groups excluding carboxylic acids is 2. The Balaban J connectivity index is 1.86. The van der Waals surface area contributed by atoms with E-state index in [1.807, 2.05) is 4.90 Å². The third kappa shape index (κ3) is 5.24. The molecule has 1 atom stereocenters. The van der Waals surface area contributed by atoms with Gasteiger partial charge in [0.25, 0.3) is 5.91 Å². The number of nitrogens with zero attached hydrogens (tertiary/aromatic N) is 1. The Morgan fingerprint density at radius 3 is 2.88 bits per heavy atom. The maximum atomic E-state index is 12.2. The van der Waals surface area contributed by atoms with Crippen LogP contribution in [-0.2, 0) is 14.3 Å². The van der Waals surface area contributed by atoms with Crippen molar-refractivity contribution in [2.24, 2.45) is 0 Å². The first-order valence-electron chi connectivity index (χ1n) is 8.56. The first-order chi connectivity index (χ1) is 12.0. The number of likely N-dealkylation sites (tertiary alicyclic amines) is 1. The fourth-order valence-corrected chi connectivity index (χ4v) is 2.98. The van der Waals surface area contributed by atoms with Gasteiger partial charge in [-0.15, -0.1) is 0 Å². The van der Waals surface area contributed by atoms with Crippen molar-refractivity contribution in [3.8, 4) is 11.5 Å². The zero-order valence-corrected chi connectivity index (χ0v) is 14.7. The number of benzene rings is 1. The molecule has 1 amide bonds. The van der Waals surface area contributed by atoms with Crippen LogP contribution in [0.15, 0.2) is 24.3 Å². The predicted molar refractivity (Wildman–Crippen MR) is 94.3 cm³/mol. The fraction of sp³-hybridized carbons (Fsp3) is 0.474. The second-order valence-electron chi connectivity index (χ2n) is 6.02. The number of rotatable bonds is 6. The van der Waals surface area contributed by atoms with E-state index in [9.17, 15) is 14.7 Å². The first-order valence-corrected chi connectivity index (χ1v) is 8.56. The molecule has 1 aromatic carbocycles. The molecule has 1 fully saturated rings. The smallest absolute Gasteiger partial charge is 0.331 e. The van der Waals surface area contributed by atoms with Gasteiger partial charge in [0.1, 0.15) is 0 Å². The van der Waals surface area contributed by atoms with Crippen LogP contribution in [-0.4, -0.2) is 48.2 Å². The summed E-state index contributed by atoms with van der Waals surface area (Å²) in [5, 5.41) is 9.54. The Kier molecular flexibility index (Phi) is 6.86. The summed E-state index contributed by atoms with van der Waals surface area (Å²) >= 11 is 0. The topological polar surface area (TPSA) is 76.1 Å². The molecule has 1 aromatic rings. The van der Waals surface area contributed by atoms with Gasteiger partial charge < -0.3 is 19.5 Å². The first kappa shape index (κ1) is 18.8. The van der Waals surface area contributed by atoms with Crippen LogP contribution < -0.4 is 4.74 Å². The van der Waals surface area contributed by atoms with E-state index in [-0.39, 0.29) is 24.3 Å². The van der Waals surface area contributed by atoms with Gasteiger partial charge in [-0.3, -0.25) is 4.79 Å². The van der Waals surface area contributed by atoms with Crippen molar-refractivity contribution in [3.63, 3.8) is 0 Å². The van der Waals surface area contributed by atoms with Gasteiger partial charge in [0, 0.05) is 18.7 Å². The molecule has 1 aliphatic rings. The van der Waals surface area contributed by atoms with E-state index in [0.29, 0.717) is 11.3 Å². The maximum absolute atomic E-state index is 12.2. The molecular formula is C19H25NO5. The highest BCUT2D eigenvalue weighted by Crippen LogP contribution is 2.26. The van der Waals surface area contributed by atoms with Crippen molar-refractivity contribution in [3.05, 3.63) is 29.8 Å². The van der Waals surface area contributed by atoms with Gasteiger partial charge in [0.05, 0.1) is 7.11 Å². The van der Waals surface area contributed by atoms with Gasteiger partial charge in [-0.25, -0.2) is 4.79 Å². The number of ether oxygens (including phenoxy) is 2. The summed E-state index contributed by atoms with van der Waals surface area (Å²) in [7, 11) is 1.45. The number of hydrogen-bond acceptors (Lipinski definition) is 5. The number of methoxy groups -OCH3 is 1. The zero-order valence-electron chi connectivity index (χ0n) is 14.7. The second kappa shape index (κ2) is 9.11. The molecule has 25 heavy (non-hydrogen) atoms. The Morgan fingerprint density at radius 2 is 2.16 bits per heavy atom. The number of hydrogen-bond donors (Lipinski definition) is 1. The molecule has 6 heteroatoms. The Bertz CT molecular complexity index is 641. The number of piperidine rings is 1. The Labute approximate surface area is 148 Å². The van der Waals surface area contributed by atoms with Gasteiger partial charge in [0.2, 0.25) is 0 Å². The largest absolute Gasteiger partial charge is 0.504 e. The molecule has 2 rings (SSSR count). The van der Waals surface area contributed by atoms with Crippen LogP contribution in [0.25, 0.3) is 6.08 Å². The van der Waals surface area contributed by atoms with E-state index in [0.717, 1.165) is 32.2 Å². The maximum Gasteiger partial charge on any atom is 0.331 e. The molecule has 1 aliphatic heterocycles. The molecule has 0 aromatic heterocycles. The summed E-state index contributed by atoms with van der Waals surface area (Å²) in [6.07, 6.45) is 6.87. The van der Waals surface area contributed by atoms with E-state index >= 15 is 0 Å². The third-order valence-corrected chi connectivity index (χ3v) is 4.37. The van der Waals surface area contributed by atoms with Crippen LogP contribution in [0.2, 0.25) is 0 Å². The predicted octanol–water partition coefficient (Wildman–Crippen LogP) is 2.75. The van der Waals surface area contributed by atoms with E-state index in [4.69, 9.17) is 9.47 Å². The Morgan fingerprint density at radius 1 is 1.36 bits per heavy atom. The minimum absolute atomic E-state index is 0.0276. The zero-order chi connectivity index (χ0) is 18.2. The fourth-order valence-electron chi connectivity index (χ4n) is 2.98. The number of phenols is 1. The molecule has 1 heterocycles. The standard InChI is InChI=1S/C19H25NO5/c1-3-15-6-4-5-11-20(15)18(22)13-25-19(23)10-8-14-7-9-16(21)17(12-14)24-2/h7-10,12,15,21H,3-6,11,13H2,1-2H3/b10-8+/t15-/m1/s1. The van der Waals surface area contributed by atoms with Crippen LogP contribution >= 0.6 is 0 Å². The summed E-state index contributed by atoms with van der Waals surface area (Å²) < 4.78 is 10.1. The quantitative estimate of drug-likeness (QED) is 0.632. The number of aromatic hydroxyl groups is 1. The molecule has 1 N–H and O–H groups in total. The average molecular weight is 347 g/mol. The summed E-state index contributed by atoms with van der Waals surface area (Å²) in [6.45, 7) is 2.56. The number of amides is 1. The van der Waals surface area contributed by atoms with E-state index in [1.165, 1.54) is 19.3 Å². The van der Waals surface area contributed by atoms with Crippen LogP contribution in [0.1, 0.15) is 38.2 Å². The van der Waals surface area contributed by atoms with E-state index in [1.54, 1.807) is 18.2 Å². The molecule has 0 radical (unpaired) electrons. The van der Waals surface area contributed by atoms with Crippen LogP contribution in [0.4, 0.5) is 0 Å². The van der Waals surface area contributed by atoms with Crippen molar-refractivity contribution in [2.75, 3.05) is 20.3 Å². The molecule has 6 nitrogen and oxygen atoms in total. The van der Waals surface area contributed by atoms with Crippen molar-refractivity contribution in [2.45, 2.75) is 38.6 Å². The van der Waals surface area contributed by atoms with Crippen LogP contribution in [0.5, 0.6) is 11.5 Å². The lowest BCUT2D eigenvalue weighted by molar-refractivity contribution is -0.150. The summed E-state index contributed by atoms with van der Waals surface area (Å²) in [5.74, 6) is -0.369.